The SMILES string of the molecule is COc1ccc2c(O[C@@H]3C[C@H]4C(=O)N[C@]5(C(=O)NS(=O)(=O)C6CC6)C[C@H]5CCCCCCN(C)C(=O)N4C3)nc(-c3cccc(C)n3)nc2c1C. The van der Waals surface area contributed by atoms with Crippen molar-refractivity contribution >= 4 is 38.8 Å². The van der Waals surface area contributed by atoms with E-state index in [4.69, 9.17) is 19.4 Å². The van der Waals surface area contributed by atoms with Crippen molar-refractivity contribution in [2.24, 2.45) is 5.92 Å². The number of pyridine rings is 1. The number of benzene rings is 1. The van der Waals surface area contributed by atoms with Crippen molar-refractivity contribution in [3.63, 3.8) is 0 Å². The van der Waals surface area contributed by atoms with E-state index in [1.54, 1.807) is 19.1 Å². The van der Waals surface area contributed by atoms with Crippen LogP contribution in [0.4, 0.5) is 4.79 Å². The number of hydrogen-bond acceptors (Lipinski definition) is 10. The minimum atomic E-state index is -3.82. The largest absolute Gasteiger partial charge is 0.496 e. The molecular formula is C36H45N7O7S. The van der Waals surface area contributed by atoms with E-state index >= 15 is 0 Å². The maximum absolute atomic E-state index is 14.2. The van der Waals surface area contributed by atoms with Gasteiger partial charge in [0.15, 0.2) is 5.82 Å². The van der Waals surface area contributed by atoms with E-state index in [1.165, 1.54) is 4.90 Å². The van der Waals surface area contributed by atoms with Crippen LogP contribution >= 0.6 is 0 Å². The zero-order valence-electron chi connectivity index (χ0n) is 29.5. The third-order valence-electron chi connectivity index (χ3n) is 10.6. The van der Waals surface area contributed by atoms with Crippen LogP contribution < -0.4 is 19.5 Å². The van der Waals surface area contributed by atoms with Crippen LogP contribution in [0, 0.1) is 19.8 Å². The smallest absolute Gasteiger partial charge is 0.320 e. The molecule has 0 bridgehead atoms. The molecule has 51 heavy (non-hydrogen) atoms. The van der Waals surface area contributed by atoms with Gasteiger partial charge in [-0.2, -0.15) is 4.98 Å². The summed E-state index contributed by atoms with van der Waals surface area (Å²) >= 11 is 0. The molecule has 4 amide bonds. The van der Waals surface area contributed by atoms with Crippen LogP contribution in [0.15, 0.2) is 30.3 Å². The predicted molar refractivity (Wildman–Crippen MR) is 188 cm³/mol. The monoisotopic (exact) mass is 719 g/mol. The fourth-order valence-electron chi connectivity index (χ4n) is 7.44. The molecule has 4 atom stereocenters. The van der Waals surface area contributed by atoms with E-state index in [-0.39, 0.29) is 30.8 Å². The van der Waals surface area contributed by atoms with E-state index in [9.17, 15) is 22.8 Å². The van der Waals surface area contributed by atoms with Crippen molar-refractivity contribution in [1.29, 1.82) is 0 Å². The third-order valence-corrected chi connectivity index (χ3v) is 12.5. The van der Waals surface area contributed by atoms with E-state index in [1.807, 2.05) is 44.2 Å². The molecule has 14 nitrogen and oxygen atoms in total. The lowest BCUT2D eigenvalue weighted by molar-refractivity contribution is -0.131. The highest BCUT2D eigenvalue weighted by Crippen LogP contribution is 2.48. The number of amides is 4. The van der Waals surface area contributed by atoms with Gasteiger partial charge < -0.3 is 24.6 Å². The van der Waals surface area contributed by atoms with Crippen LogP contribution in [0.3, 0.4) is 0 Å². The van der Waals surface area contributed by atoms with Crippen LogP contribution in [0.2, 0.25) is 0 Å². The lowest BCUT2D eigenvalue weighted by atomic mass is 10.0. The number of methoxy groups -OCH3 is 1. The standard InChI is InChI=1S/C36H45N7O7S/c1-21-10-9-12-27(37-21)31-38-30-22(2)29(49-4)16-15-26(30)33(39-31)50-24-18-28-32(44)40-36(34(45)41-51(47,48)25-13-14-25)19-23(36)11-7-5-6-8-17-42(3)35(46)43(28)20-24/h9-10,12,15-16,23-25,28H,5-8,11,13-14,17-20H2,1-4H3,(H,40,44)(H,41,45)/t23-,24-,28+,36-/m1/s1. The Morgan fingerprint density at radius 2 is 1.80 bits per heavy atom. The van der Waals surface area contributed by atoms with E-state index in [0.717, 1.165) is 36.9 Å². The normalized spacial score (nSPS) is 25.8. The number of nitrogens with one attached hydrogen (secondary N) is 2. The maximum Gasteiger partial charge on any atom is 0.320 e. The molecule has 2 aliphatic heterocycles. The second-order valence-electron chi connectivity index (χ2n) is 14.4. The Hall–Kier alpha value is -4.53. The molecule has 2 aromatic heterocycles. The topological polar surface area (TPSA) is 173 Å². The Morgan fingerprint density at radius 1 is 1.02 bits per heavy atom. The van der Waals surface area contributed by atoms with Crippen molar-refractivity contribution in [2.45, 2.75) is 94.6 Å². The van der Waals surface area contributed by atoms with Gasteiger partial charge in [-0.25, -0.2) is 23.2 Å². The van der Waals surface area contributed by atoms with Gasteiger partial charge in [0.1, 0.15) is 29.1 Å². The molecule has 7 rings (SSSR count). The highest BCUT2D eigenvalue weighted by atomic mass is 32.2. The molecule has 1 aromatic carbocycles. The van der Waals surface area contributed by atoms with Crippen molar-refractivity contribution in [2.75, 3.05) is 27.2 Å². The molecular weight excluding hydrogens is 675 g/mol. The van der Waals surface area contributed by atoms with Gasteiger partial charge in [-0.3, -0.25) is 14.3 Å². The molecule has 0 unspecified atom stereocenters. The second kappa shape index (κ2) is 13.5. The summed E-state index contributed by atoms with van der Waals surface area (Å²) in [6.45, 7) is 4.42. The van der Waals surface area contributed by atoms with Crippen LogP contribution in [-0.2, 0) is 19.6 Å². The molecule has 3 aromatic rings. The van der Waals surface area contributed by atoms with Gasteiger partial charge in [0.25, 0.3) is 5.91 Å². The first kappa shape index (κ1) is 34.9. The molecule has 2 saturated heterocycles. The molecule has 0 spiro atoms. The van der Waals surface area contributed by atoms with Crippen LogP contribution in [0.5, 0.6) is 11.6 Å². The summed E-state index contributed by atoms with van der Waals surface area (Å²) in [5, 5.41) is 3.01. The minimum absolute atomic E-state index is 0.0958. The van der Waals surface area contributed by atoms with Gasteiger partial charge in [0.05, 0.1) is 29.8 Å². The molecule has 272 valence electrons. The quantitative estimate of drug-likeness (QED) is 0.367. The predicted octanol–water partition coefficient (Wildman–Crippen LogP) is 3.64. The zero-order valence-corrected chi connectivity index (χ0v) is 30.3. The van der Waals surface area contributed by atoms with Gasteiger partial charge in [-0.15, -0.1) is 0 Å². The lowest BCUT2D eigenvalue weighted by Crippen LogP contribution is -2.57. The molecule has 2 saturated carbocycles. The lowest BCUT2D eigenvalue weighted by Gasteiger charge is -2.30. The average Bonchev–Trinajstić information content (AvgIpc) is 4.03. The number of aryl methyl sites for hydroxylation is 2. The van der Waals surface area contributed by atoms with E-state index < -0.39 is 44.8 Å². The number of carbonyl (C=O) groups is 3. The fourth-order valence-corrected chi connectivity index (χ4v) is 8.80. The van der Waals surface area contributed by atoms with Gasteiger partial charge in [-0.05, 0) is 76.1 Å². The van der Waals surface area contributed by atoms with E-state index in [2.05, 4.69) is 15.0 Å². The Morgan fingerprint density at radius 3 is 2.55 bits per heavy atom. The summed E-state index contributed by atoms with van der Waals surface area (Å²) in [6, 6.07) is 7.95. The van der Waals surface area contributed by atoms with Crippen LogP contribution in [-0.4, -0.2) is 101 Å². The number of fused-ring (bicyclic) bond motifs is 3. The number of nitrogens with zero attached hydrogens (tertiary/aromatic N) is 5. The number of rotatable bonds is 7. The molecule has 4 fully saturated rings. The van der Waals surface area contributed by atoms with Crippen molar-refractivity contribution < 1.29 is 32.3 Å². The van der Waals surface area contributed by atoms with E-state index in [0.29, 0.717) is 60.4 Å². The number of carbonyl (C=O) groups excluding carboxylic acids is 3. The summed E-state index contributed by atoms with van der Waals surface area (Å²) in [7, 11) is -0.504. The van der Waals surface area contributed by atoms with Crippen molar-refractivity contribution in [1.82, 2.24) is 34.8 Å². The first-order valence-corrected chi connectivity index (χ1v) is 19.3. The number of hydrogen-bond donors (Lipinski definition) is 2. The van der Waals surface area contributed by atoms with Gasteiger partial charge in [0.2, 0.25) is 21.8 Å². The summed E-state index contributed by atoms with van der Waals surface area (Å²) in [6.07, 6.45) is 5.01. The summed E-state index contributed by atoms with van der Waals surface area (Å²) in [5.41, 5.74) is 1.43. The fraction of sp³-hybridized carbons (Fsp3) is 0.556. The number of urea groups is 1. The zero-order chi connectivity index (χ0) is 36.1. The Bertz CT molecular complexity index is 1990. The molecule has 2 aliphatic carbocycles. The first-order chi connectivity index (χ1) is 24.4. The number of aromatic nitrogens is 3. The van der Waals surface area contributed by atoms with Crippen LogP contribution in [0.25, 0.3) is 22.4 Å². The number of ether oxygens (including phenoxy) is 2. The molecule has 2 N–H and O–H groups in total. The van der Waals surface area contributed by atoms with Gasteiger partial charge in [0, 0.05) is 31.3 Å². The Balaban J connectivity index is 1.21. The maximum atomic E-state index is 14.2. The van der Waals surface area contributed by atoms with Crippen LogP contribution in [0.1, 0.15) is 69.0 Å². The highest BCUT2D eigenvalue weighted by molar-refractivity contribution is 7.91. The first-order valence-electron chi connectivity index (χ1n) is 17.8. The molecule has 0 radical (unpaired) electrons. The van der Waals surface area contributed by atoms with Crippen molar-refractivity contribution in [3.05, 3.63) is 41.6 Å². The third kappa shape index (κ3) is 6.91. The van der Waals surface area contributed by atoms with Gasteiger partial charge in [-0.1, -0.05) is 25.3 Å². The molecule has 15 heteroatoms. The van der Waals surface area contributed by atoms with Gasteiger partial charge >= 0.3 is 6.03 Å². The van der Waals surface area contributed by atoms with Crippen molar-refractivity contribution in [3.8, 4) is 23.1 Å². The summed E-state index contributed by atoms with van der Waals surface area (Å²) < 4.78 is 40.0. The number of sulfonamides is 1. The minimum Gasteiger partial charge on any atom is -0.496 e. The summed E-state index contributed by atoms with van der Waals surface area (Å²) in [4.78, 5) is 59.2. The second-order valence-corrected chi connectivity index (χ2v) is 16.4. The Kier molecular flexibility index (Phi) is 9.27. The summed E-state index contributed by atoms with van der Waals surface area (Å²) in [5.74, 6) is -0.115. The highest BCUT2D eigenvalue weighted by Gasteiger charge is 2.62. The molecule has 4 aliphatic rings. The molecule has 4 heterocycles. The Labute approximate surface area is 297 Å². The average molecular weight is 720 g/mol.